The summed E-state index contributed by atoms with van der Waals surface area (Å²) in [5.41, 5.74) is 0.395. The molecular weight excluding hydrogens is 278 g/mol. The van der Waals surface area contributed by atoms with Gasteiger partial charge in [-0.3, -0.25) is 4.79 Å². The van der Waals surface area contributed by atoms with Gasteiger partial charge in [-0.1, -0.05) is 19.1 Å². The smallest absolute Gasteiger partial charge is 0.243 e. The zero-order valence-corrected chi connectivity index (χ0v) is 12.9. The van der Waals surface area contributed by atoms with Crippen LogP contribution < -0.4 is 0 Å². The minimum absolute atomic E-state index is 0.142. The van der Waals surface area contributed by atoms with Gasteiger partial charge in [-0.15, -0.1) is 0 Å². The molecule has 5 nitrogen and oxygen atoms in total. The number of nitrogens with zero attached hydrogens (tertiary/aromatic N) is 1. The predicted octanol–water partition coefficient (Wildman–Crippen LogP) is 1.94. The number of ether oxygens (including phenoxy) is 1. The summed E-state index contributed by atoms with van der Waals surface area (Å²) in [4.78, 5) is 11.5. The van der Waals surface area contributed by atoms with E-state index < -0.39 is 10.0 Å². The molecule has 0 unspecified atom stereocenters. The van der Waals surface area contributed by atoms with E-state index >= 15 is 0 Å². The monoisotopic (exact) mass is 299 g/mol. The second kappa shape index (κ2) is 7.52. The van der Waals surface area contributed by atoms with E-state index in [1.807, 2.05) is 6.92 Å². The molecule has 0 aromatic heterocycles. The van der Waals surface area contributed by atoms with Crippen LogP contribution in [-0.2, 0) is 14.8 Å². The average molecular weight is 299 g/mol. The van der Waals surface area contributed by atoms with Gasteiger partial charge in [-0.25, -0.2) is 8.42 Å². The summed E-state index contributed by atoms with van der Waals surface area (Å²) in [6, 6.07) is 6.12. The minimum Gasteiger partial charge on any atom is -0.380 e. The van der Waals surface area contributed by atoms with Crippen molar-refractivity contribution in [2.45, 2.75) is 25.7 Å². The lowest BCUT2D eigenvalue weighted by molar-refractivity contribution is 0.101. The Kier molecular flexibility index (Phi) is 6.32. The average Bonchev–Trinajstić information content (AvgIpc) is 2.43. The number of likely N-dealkylation sites (N-methyl/N-ethyl adjacent to an activating group) is 1. The van der Waals surface area contributed by atoms with Gasteiger partial charge in [0.05, 0.1) is 11.5 Å². The molecule has 0 bridgehead atoms. The first-order valence-corrected chi connectivity index (χ1v) is 8.06. The maximum atomic E-state index is 12.5. The van der Waals surface area contributed by atoms with Crippen molar-refractivity contribution in [3.05, 3.63) is 29.8 Å². The van der Waals surface area contributed by atoms with Crippen molar-refractivity contribution >= 4 is 15.8 Å². The molecule has 0 atom stereocenters. The molecule has 20 heavy (non-hydrogen) atoms. The summed E-state index contributed by atoms with van der Waals surface area (Å²) < 4.78 is 31.5. The molecule has 0 saturated carbocycles. The van der Waals surface area contributed by atoms with Gasteiger partial charge in [0, 0.05) is 25.3 Å². The van der Waals surface area contributed by atoms with Crippen LogP contribution in [-0.4, -0.2) is 44.8 Å². The molecular formula is C14H21NO4S. The van der Waals surface area contributed by atoms with Crippen LogP contribution in [0.1, 0.15) is 31.1 Å². The third-order valence-electron chi connectivity index (χ3n) is 2.92. The van der Waals surface area contributed by atoms with Crippen molar-refractivity contribution in [1.82, 2.24) is 4.31 Å². The lowest BCUT2D eigenvalue weighted by Gasteiger charge is -2.20. The van der Waals surface area contributed by atoms with Crippen LogP contribution in [0.3, 0.4) is 0 Å². The molecule has 1 aromatic rings. The Morgan fingerprint density at radius 3 is 2.55 bits per heavy atom. The van der Waals surface area contributed by atoms with Crippen LogP contribution in [0.25, 0.3) is 0 Å². The molecule has 0 heterocycles. The van der Waals surface area contributed by atoms with E-state index in [4.69, 9.17) is 4.74 Å². The molecule has 1 aromatic carbocycles. The second-order valence-electron chi connectivity index (χ2n) is 4.28. The van der Waals surface area contributed by atoms with Crippen molar-refractivity contribution in [3.8, 4) is 0 Å². The largest absolute Gasteiger partial charge is 0.380 e. The standard InChI is InChI=1S/C14H21NO4S/c1-4-15(9-10-19-5-2)20(17,18)14-8-6-7-13(11-14)12(3)16/h6-8,11H,4-5,9-10H2,1-3H3. The molecule has 0 spiro atoms. The molecule has 0 amide bonds. The molecule has 0 saturated heterocycles. The number of ketones is 1. The summed E-state index contributed by atoms with van der Waals surface area (Å²) in [6.45, 7) is 6.63. The number of Topliss-reactive ketones (excluding diaryl/α,β-unsaturated/α-hetero) is 1. The van der Waals surface area contributed by atoms with E-state index in [1.165, 1.54) is 23.4 Å². The Bertz CT molecular complexity index is 554. The molecule has 0 fully saturated rings. The quantitative estimate of drug-likeness (QED) is 0.543. The number of benzene rings is 1. The normalized spacial score (nSPS) is 11.8. The first-order valence-electron chi connectivity index (χ1n) is 6.62. The van der Waals surface area contributed by atoms with E-state index in [2.05, 4.69) is 0 Å². The van der Waals surface area contributed by atoms with Crippen LogP contribution in [0.2, 0.25) is 0 Å². The van der Waals surface area contributed by atoms with E-state index in [1.54, 1.807) is 19.1 Å². The Balaban J connectivity index is 3.01. The van der Waals surface area contributed by atoms with Crippen molar-refractivity contribution in [2.24, 2.45) is 0 Å². The summed E-state index contributed by atoms with van der Waals surface area (Å²) in [5, 5.41) is 0. The van der Waals surface area contributed by atoms with Gasteiger partial charge in [0.2, 0.25) is 10.0 Å². The predicted molar refractivity (Wildman–Crippen MR) is 77.4 cm³/mol. The lowest BCUT2D eigenvalue weighted by Crippen LogP contribution is -2.34. The van der Waals surface area contributed by atoms with Crippen molar-refractivity contribution in [1.29, 1.82) is 0 Å². The maximum Gasteiger partial charge on any atom is 0.243 e. The van der Waals surface area contributed by atoms with Crippen LogP contribution in [0.5, 0.6) is 0 Å². The Hall–Kier alpha value is -1.24. The SMILES string of the molecule is CCOCCN(CC)S(=O)(=O)c1cccc(C(C)=O)c1. The van der Waals surface area contributed by atoms with E-state index in [0.717, 1.165) is 0 Å². The van der Waals surface area contributed by atoms with Crippen LogP contribution in [0.15, 0.2) is 29.2 Å². The highest BCUT2D eigenvalue weighted by atomic mass is 32.2. The van der Waals surface area contributed by atoms with E-state index in [0.29, 0.717) is 31.9 Å². The number of hydrogen-bond acceptors (Lipinski definition) is 4. The Labute approximate surface area is 120 Å². The summed E-state index contributed by atoms with van der Waals surface area (Å²) in [5.74, 6) is -0.153. The number of sulfonamides is 1. The fourth-order valence-corrected chi connectivity index (χ4v) is 3.26. The molecule has 112 valence electrons. The van der Waals surface area contributed by atoms with Crippen molar-refractivity contribution in [2.75, 3.05) is 26.3 Å². The highest BCUT2D eigenvalue weighted by Gasteiger charge is 2.23. The first kappa shape index (κ1) is 16.8. The summed E-state index contributed by atoms with van der Waals surface area (Å²) in [7, 11) is -3.59. The summed E-state index contributed by atoms with van der Waals surface area (Å²) in [6.07, 6.45) is 0. The third-order valence-corrected chi connectivity index (χ3v) is 4.89. The van der Waals surface area contributed by atoms with Gasteiger partial charge in [0.15, 0.2) is 5.78 Å². The molecule has 6 heteroatoms. The highest BCUT2D eigenvalue weighted by molar-refractivity contribution is 7.89. The molecule has 0 radical (unpaired) electrons. The van der Waals surface area contributed by atoms with Gasteiger partial charge >= 0.3 is 0 Å². The zero-order chi connectivity index (χ0) is 15.2. The first-order chi connectivity index (χ1) is 9.43. The number of rotatable bonds is 8. The highest BCUT2D eigenvalue weighted by Crippen LogP contribution is 2.17. The number of carbonyl (C=O) groups excluding carboxylic acids is 1. The van der Waals surface area contributed by atoms with Crippen LogP contribution in [0.4, 0.5) is 0 Å². The van der Waals surface area contributed by atoms with Gasteiger partial charge in [0.25, 0.3) is 0 Å². The van der Waals surface area contributed by atoms with Gasteiger partial charge < -0.3 is 4.74 Å². The van der Waals surface area contributed by atoms with Gasteiger partial charge in [-0.2, -0.15) is 4.31 Å². The zero-order valence-electron chi connectivity index (χ0n) is 12.1. The maximum absolute atomic E-state index is 12.5. The lowest BCUT2D eigenvalue weighted by atomic mass is 10.2. The van der Waals surface area contributed by atoms with Crippen molar-refractivity contribution < 1.29 is 17.9 Å². The fraction of sp³-hybridized carbons (Fsp3) is 0.500. The molecule has 1 rings (SSSR count). The molecule has 0 aliphatic rings. The van der Waals surface area contributed by atoms with Gasteiger partial charge in [-0.05, 0) is 26.0 Å². The Morgan fingerprint density at radius 1 is 1.30 bits per heavy atom. The van der Waals surface area contributed by atoms with Crippen molar-refractivity contribution in [3.63, 3.8) is 0 Å². The Morgan fingerprint density at radius 2 is 2.00 bits per heavy atom. The molecule has 0 N–H and O–H groups in total. The molecule has 0 aliphatic carbocycles. The van der Waals surface area contributed by atoms with Crippen LogP contribution >= 0.6 is 0 Å². The third kappa shape index (κ3) is 4.13. The topological polar surface area (TPSA) is 63.7 Å². The number of hydrogen-bond donors (Lipinski definition) is 0. The molecule has 0 aliphatic heterocycles. The fourth-order valence-electron chi connectivity index (χ4n) is 1.78. The minimum atomic E-state index is -3.59. The number of carbonyl (C=O) groups is 1. The van der Waals surface area contributed by atoms with E-state index in [-0.39, 0.29) is 10.7 Å². The second-order valence-corrected chi connectivity index (χ2v) is 6.22. The van der Waals surface area contributed by atoms with E-state index in [9.17, 15) is 13.2 Å². The summed E-state index contributed by atoms with van der Waals surface area (Å²) >= 11 is 0. The van der Waals surface area contributed by atoms with Crippen LogP contribution in [0, 0.1) is 0 Å². The van der Waals surface area contributed by atoms with Gasteiger partial charge in [0.1, 0.15) is 0 Å².